The third-order valence-corrected chi connectivity index (χ3v) is 4.83. The fraction of sp³-hybridized carbons (Fsp3) is 0.273. The van der Waals surface area contributed by atoms with Crippen molar-refractivity contribution < 1.29 is 9.53 Å². The van der Waals surface area contributed by atoms with Crippen LogP contribution in [0.25, 0.3) is 22.2 Å². The van der Waals surface area contributed by atoms with Crippen LogP contribution >= 0.6 is 0 Å². The van der Waals surface area contributed by atoms with E-state index >= 15 is 0 Å². The van der Waals surface area contributed by atoms with E-state index in [2.05, 4.69) is 5.32 Å². The van der Waals surface area contributed by atoms with Gasteiger partial charge in [-0.1, -0.05) is 55.3 Å². The van der Waals surface area contributed by atoms with Gasteiger partial charge in [0.2, 0.25) is 0 Å². The second-order valence-electron chi connectivity index (χ2n) is 6.73. The van der Waals surface area contributed by atoms with Crippen LogP contribution in [-0.4, -0.2) is 23.5 Å². The number of ether oxygens (including phenoxy) is 1. The molecule has 1 fully saturated rings. The van der Waals surface area contributed by atoms with E-state index < -0.39 is 0 Å². The average Bonchev–Trinajstić information content (AvgIpc) is 3.19. The molecular weight excluding hydrogens is 324 g/mol. The van der Waals surface area contributed by atoms with Crippen molar-refractivity contribution in [1.29, 1.82) is 0 Å². The molecule has 1 saturated carbocycles. The van der Waals surface area contributed by atoms with Gasteiger partial charge in [-0.15, -0.1) is 0 Å². The lowest BCUT2D eigenvalue weighted by molar-refractivity contribution is -0.123. The highest BCUT2D eigenvalue weighted by atomic mass is 16.5. The molecule has 0 atom stereocenters. The van der Waals surface area contributed by atoms with E-state index in [9.17, 15) is 4.79 Å². The van der Waals surface area contributed by atoms with Gasteiger partial charge in [0.15, 0.2) is 6.61 Å². The van der Waals surface area contributed by atoms with Crippen molar-refractivity contribution in [3.8, 4) is 17.0 Å². The molecule has 0 aliphatic heterocycles. The van der Waals surface area contributed by atoms with Gasteiger partial charge < -0.3 is 10.1 Å². The lowest BCUT2D eigenvalue weighted by Crippen LogP contribution is -2.36. The summed E-state index contributed by atoms with van der Waals surface area (Å²) in [6.45, 7) is 0.0265. The van der Waals surface area contributed by atoms with Crippen molar-refractivity contribution >= 4 is 16.8 Å². The highest BCUT2D eigenvalue weighted by Crippen LogP contribution is 2.30. The number of nitrogens with zero attached hydrogens (tertiary/aromatic N) is 1. The van der Waals surface area contributed by atoms with Crippen LogP contribution in [0.5, 0.6) is 5.75 Å². The van der Waals surface area contributed by atoms with Crippen LogP contribution < -0.4 is 10.1 Å². The highest BCUT2D eigenvalue weighted by molar-refractivity contribution is 5.88. The lowest BCUT2D eigenvalue weighted by atomic mass is 10.1. The van der Waals surface area contributed by atoms with Gasteiger partial charge in [0.05, 0.1) is 11.2 Å². The quantitative estimate of drug-likeness (QED) is 0.748. The van der Waals surface area contributed by atoms with Crippen LogP contribution in [0.15, 0.2) is 60.7 Å². The Hall–Kier alpha value is -2.88. The summed E-state index contributed by atoms with van der Waals surface area (Å²) in [5, 5.41) is 3.98. The van der Waals surface area contributed by atoms with Gasteiger partial charge in [-0.3, -0.25) is 4.79 Å². The van der Waals surface area contributed by atoms with Crippen molar-refractivity contribution in [2.45, 2.75) is 31.7 Å². The molecule has 3 aromatic rings. The van der Waals surface area contributed by atoms with Gasteiger partial charge in [0.1, 0.15) is 5.75 Å². The van der Waals surface area contributed by atoms with E-state index in [1.165, 1.54) is 12.8 Å². The first kappa shape index (κ1) is 16.6. The molecule has 4 rings (SSSR count). The van der Waals surface area contributed by atoms with E-state index in [-0.39, 0.29) is 12.5 Å². The highest BCUT2D eigenvalue weighted by Gasteiger charge is 2.17. The number of fused-ring (bicyclic) bond motifs is 1. The number of pyridine rings is 1. The molecule has 0 radical (unpaired) electrons. The number of benzene rings is 2. The summed E-state index contributed by atoms with van der Waals surface area (Å²) < 4.78 is 5.90. The Morgan fingerprint density at radius 1 is 1.04 bits per heavy atom. The summed E-state index contributed by atoms with van der Waals surface area (Å²) in [7, 11) is 0. The number of amides is 1. The standard InChI is InChI=1S/C22H22N2O2/c25-22(23-17-10-4-5-11-17)15-26-21-14-20(16-8-2-1-3-9-16)24-19-13-7-6-12-18(19)21/h1-3,6-9,12-14,17H,4-5,10-11,15H2,(H,23,25). The van der Waals surface area contributed by atoms with Crippen molar-refractivity contribution in [3.05, 3.63) is 60.7 Å². The molecule has 1 aromatic heterocycles. The third-order valence-electron chi connectivity index (χ3n) is 4.83. The molecule has 26 heavy (non-hydrogen) atoms. The maximum absolute atomic E-state index is 12.2. The minimum Gasteiger partial charge on any atom is -0.483 e. The van der Waals surface area contributed by atoms with Gasteiger partial charge in [-0.2, -0.15) is 0 Å². The SMILES string of the molecule is O=C(COc1cc(-c2ccccc2)nc2ccccc12)NC1CCCC1. The molecule has 1 heterocycles. The molecule has 4 nitrogen and oxygen atoms in total. The van der Waals surface area contributed by atoms with Crippen LogP contribution in [0, 0.1) is 0 Å². The largest absolute Gasteiger partial charge is 0.483 e. The molecule has 1 aliphatic rings. The van der Waals surface area contributed by atoms with Crippen molar-refractivity contribution in [3.63, 3.8) is 0 Å². The minimum absolute atomic E-state index is 0.0265. The number of carbonyl (C=O) groups excluding carboxylic acids is 1. The summed E-state index contributed by atoms with van der Waals surface area (Å²) in [4.78, 5) is 16.9. The summed E-state index contributed by atoms with van der Waals surface area (Å²) in [6, 6.07) is 20.1. The zero-order valence-electron chi connectivity index (χ0n) is 14.7. The van der Waals surface area contributed by atoms with E-state index in [0.29, 0.717) is 11.8 Å². The van der Waals surface area contributed by atoms with Gasteiger partial charge in [-0.05, 0) is 25.0 Å². The Balaban J connectivity index is 1.57. The first-order valence-corrected chi connectivity index (χ1v) is 9.17. The van der Waals surface area contributed by atoms with E-state index in [0.717, 1.165) is 35.0 Å². The van der Waals surface area contributed by atoms with Crippen LogP contribution in [0.1, 0.15) is 25.7 Å². The first-order valence-electron chi connectivity index (χ1n) is 9.17. The molecule has 4 heteroatoms. The van der Waals surface area contributed by atoms with E-state index in [1.54, 1.807) is 0 Å². The summed E-state index contributed by atoms with van der Waals surface area (Å²) in [6.07, 6.45) is 4.53. The third kappa shape index (κ3) is 3.69. The number of hydrogen-bond acceptors (Lipinski definition) is 3. The molecule has 0 spiro atoms. The molecule has 0 bridgehead atoms. The van der Waals surface area contributed by atoms with Crippen LogP contribution in [0.3, 0.4) is 0 Å². The number of nitrogens with one attached hydrogen (secondary N) is 1. The second-order valence-corrected chi connectivity index (χ2v) is 6.73. The van der Waals surface area contributed by atoms with Crippen molar-refractivity contribution in [2.75, 3.05) is 6.61 Å². The molecule has 1 aliphatic carbocycles. The van der Waals surface area contributed by atoms with Crippen LogP contribution in [0.4, 0.5) is 0 Å². The minimum atomic E-state index is -0.0564. The van der Waals surface area contributed by atoms with Gasteiger partial charge in [-0.25, -0.2) is 4.98 Å². The summed E-state index contributed by atoms with van der Waals surface area (Å²) in [5.41, 5.74) is 2.73. The van der Waals surface area contributed by atoms with Gasteiger partial charge in [0.25, 0.3) is 5.91 Å². The van der Waals surface area contributed by atoms with Crippen molar-refractivity contribution in [2.24, 2.45) is 0 Å². The van der Waals surface area contributed by atoms with Gasteiger partial charge >= 0.3 is 0 Å². The van der Waals surface area contributed by atoms with Crippen molar-refractivity contribution in [1.82, 2.24) is 10.3 Å². The molecule has 2 aromatic carbocycles. The maximum atomic E-state index is 12.2. The maximum Gasteiger partial charge on any atom is 0.258 e. The van der Waals surface area contributed by atoms with Crippen LogP contribution in [-0.2, 0) is 4.79 Å². The lowest BCUT2D eigenvalue weighted by Gasteiger charge is -2.14. The number of para-hydroxylation sites is 1. The van der Waals surface area contributed by atoms with E-state index in [1.807, 2.05) is 60.7 Å². The molecular formula is C22H22N2O2. The average molecular weight is 346 g/mol. The number of carbonyl (C=O) groups is 1. The molecule has 0 saturated heterocycles. The number of hydrogen-bond donors (Lipinski definition) is 1. The molecule has 1 N–H and O–H groups in total. The zero-order chi connectivity index (χ0) is 17.8. The Bertz CT molecular complexity index is 902. The normalized spacial score (nSPS) is 14.5. The fourth-order valence-corrected chi connectivity index (χ4v) is 3.50. The monoisotopic (exact) mass is 346 g/mol. The van der Waals surface area contributed by atoms with E-state index in [4.69, 9.17) is 9.72 Å². The Morgan fingerprint density at radius 2 is 1.77 bits per heavy atom. The first-order chi connectivity index (χ1) is 12.8. The number of aromatic nitrogens is 1. The molecule has 0 unspecified atom stereocenters. The Labute approximate surface area is 153 Å². The summed E-state index contributed by atoms with van der Waals surface area (Å²) in [5.74, 6) is 0.634. The predicted molar refractivity (Wildman–Crippen MR) is 103 cm³/mol. The Kier molecular flexibility index (Phi) is 4.82. The molecule has 1 amide bonds. The predicted octanol–water partition coefficient (Wildman–Crippen LogP) is 4.34. The molecule has 132 valence electrons. The topological polar surface area (TPSA) is 51.2 Å². The zero-order valence-corrected chi connectivity index (χ0v) is 14.7. The summed E-state index contributed by atoms with van der Waals surface area (Å²) >= 11 is 0. The smallest absolute Gasteiger partial charge is 0.258 e. The fourth-order valence-electron chi connectivity index (χ4n) is 3.50. The number of rotatable bonds is 5. The Morgan fingerprint density at radius 3 is 2.58 bits per heavy atom. The van der Waals surface area contributed by atoms with Gasteiger partial charge in [0, 0.05) is 23.1 Å². The van der Waals surface area contributed by atoms with Crippen LogP contribution in [0.2, 0.25) is 0 Å². The second kappa shape index (κ2) is 7.56.